The van der Waals surface area contributed by atoms with Crippen molar-refractivity contribution in [2.24, 2.45) is 16.8 Å². The summed E-state index contributed by atoms with van der Waals surface area (Å²) in [5, 5.41) is 3.68. The molecule has 1 aromatic carbocycles. The maximum absolute atomic E-state index is 4.57. The third-order valence-electron chi connectivity index (χ3n) is 5.86. The van der Waals surface area contributed by atoms with Crippen molar-refractivity contribution in [1.82, 2.24) is 15.1 Å². The van der Waals surface area contributed by atoms with Crippen LogP contribution in [0.1, 0.15) is 33.1 Å². The Bertz CT molecular complexity index is 595. The summed E-state index contributed by atoms with van der Waals surface area (Å²) in [6, 6.07) is 11.4. The predicted molar refractivity (Wildman–Crippen MR) is 133 cm³/mol. The number of piperidine rings is 1. The number of thioether (sulfide) groups is 1. The summed E-state index contributed by atoms with van der Waals surface area (Å²) in [5.74, 6) is 3.79. The number of benzene rings is 1. The van der Waals surface area contributed by atoms with Gasteiger partial charge in [-0.3, -0.25) is 4.99 Å². The van der Waals surface area contributed by atoms with Gasteiger partial charge in [0, 0.05) is 49.9 Å². The summed E-state index contributed by atoms with van der Waals surface area (Å²) in [5.41, 5.74) is 0. The van der Waals surface area contributed by atoms with Crippen LogP contribution < -0.4 is 5.32 Å². The van der Waals surface area contributed by atoms with E-state index in [0.717, 1.165) is 37.4 Å². The zero-order valence-corrected chi connectivity index (χ0v) is 20.8. The molecule has 0 aromatic heterocycles. The van der Waals surface area contributed by atoms with E-state index in [-0.39, 0.29) is 24.0 Å². The van der Waals surface area contributed by atoms with E-state index in [9.17, 15) is 0 Å². The number of guanidine groups is 1. The van der Waals surface area contributed by atoms with E-state index in [4.69, 9.17) is 0 Å². The van der Waals surface area contributed by atoms with Crippen molar-refractivity contribution in [3.05, 3.63) is 30.3 Å². The standard InChI is InChI=1S/C22H36N4S.HI/c1-18(2)25-12-7-8-19(15-25)14-24-22(23-3)26-13-11-20(16-26)17-27-21-9-5-4-6-10-21;/h4-6,9-10,18-20H,7-8,11-17H2,1-3H3,(H,23,24);1H. The first-order valence-corrected chi connectivity index (χ1v) is 11.5. The van der Waals surface area contributed by atoms with Crippen molar-refractivity contribution in [1.29, 1.82) is 0 Å². The second-order valence-corrected chi connectivity index (χ2v) is 9.34. The Kier molecular flexibility index (Phi) is 10.4. The van der Waals surface area contributed by atoms with E-state index in [2.05, 4.69) is 64.3 Å². The van der Waals surface area contributed by atoms with Gasteiger partial charge < -0.3 is 15.1 Å². The van der Waals surface area contributed by atoms with Crippen molar-refractivity contribution >= 4 is 41.7 Å². The van der Waals surface area contributed by atoms with Gasteiger partial charge in [0.15, 0.2) is 5.96 Å². The molecule has 1 N–H and O–H groups in total. The van der Waals surface area contributed by atoms with Crippen LogP contribution in [0.4, 0.5) is 0 Å². The monoisotopic (exact) mass is 516 g/mol. The fourth-order valence-electron chi connectivity index (χ4n) is 4.19. The predicted octanol–water partition coefficient (Wildman–Crippen LogP) is 4.41. The van der Waals surface area contributed by atoms with E-state index in [1.54, 1.807) is 0 Å². The number of hydrogen-bond donors (Lipinski definition) is 1. The highest BCUT2D eigenvalue weighted by Crippen LogP contribution is 2.26. The number of rotatable bonds is 6. The van der Waals surface area contributed by atoms with Crippen LogP contribution in [0.2, 0.25) is 0 Å². The number of likely N-dealkylation sites (tertiary alicyclic amines) is 2. The summed E-state index contributed by atoms with van der Waals surface area (Å²) >= 11 is 1.99. The van der Waals surface area contributed by atoms with Gasteiger partial charge >= 0.3 is 0 Å². The highest BCUT2D eigenvalue weighted by Gasteiger charge is 2.26. The summed E-state index contributed by atoms with van der Waals surface area (Å²) < 4.78 is 0. The molecular formula is C22H37IN4S. The summed E-state index contributed by atoms with van der Waals surface area (Å²) in [7, 11) is 1.93. The van der Waals surface area contributed by atoms with Crippen molar-refractivity contribution in [2.45, 2.75) is 44.0 Å². The van der Waals surface area contributed by atoms with Gasteiger partial charge in [-0.1, -0.05) is 18.2 Å². The molecule has 6 heteroatoms. The smallest absolute Gasteiger partial charge is 0.193 e. The Morgan fingerprint density at radius 2 is 1.93 bits per heavy atom. The Morgan fingerprint density at radius 1 is 1.14 bits per heavy atom. The minimum absolute atomic E-state index is 0. The average Bonchev–Trinajstić information content (AvgIpc) is 3.17. The molecule has 2 atom stereocenters. The van der Waals surface area contributed by atoms with Gasteiger partial charge in [0.05, 0.1) is 0 Å². The molecule has 2 heterocycles. The first kappa shape index (κ1) is 23.8. The fraction of sp³-hybridized carbons (Fsp3) is 0.682. The van der Waals surface area contributed by atoms with Crippen LogP contribution in [0, 0.1) is 11.8 Å². The second kappa shape index (κ2) is 12.3. The van der Waals surface area contributed by atoms with Crippen LogP contribution in [0.5, 0.6) is 0 Å². The number of nitrogens with one attached hydrogen (secondary N) is 1. The van der Waals surface area contributed by atoms with Gasteiger partial charge in [-0.05, 0) is 63.6 Å². The van der Waals surface area contributed by atoms with Crippen LogP contribution in [0.3, 0.4) is 0 Å². The van der Waals surface area contributed by atoms with E-state index in [1.807, 2.05) is 18.8 Å². The van der Waals surface area contributed by atoms with Crippen molar-refractivity contribution < 1.29 is 0 Å². The fourth-order valence-corrected chi connectivity index (χ4v) is 5.24. The van der Waals surface area contributed by atoms with E-state index in [0.29, 0.717) is 6.04 Å². The topological polar surface area (TPSA) is 30.9 Å². The maximum atomic E-state index is 4.57. The van der Waals surface area contributed by atoms with Crippen LogP contribution >= 0.6 is 35.7 Å². The Labute approximate surface area is 192 Å². The van der Waals surface area contributed by atoms with Crippen LogP contribution in [0.15, 0.2) is 40.2 Å². The number of hydrogen-bond acceptors (Lipinski definition) is 3. The van der Waals surface area contributed by atoms with Crippen LogP contribution in [-0.4, -0.2) is 67.3 Å². The van der Waals surface area contributed by atoms with Gasteiger partial charge in [0.1, 0.15) is 0 Å². The largest absolute Gasteiger partial charge is 0.356 e. The van der Waals surface area contributed by atoms with Crippen molar-refractivity contribution in [3.8, 4) is 0 Å². The molecule has 4 nitrogen and oxygen atoms in total. The highest BCUT2D eigenvalue weighted by molar-refractivity contribution is 14.0. The third kappa shape index (κ3) is 7.10. The molecule has 0 spiro atoms. The molecule has 2 saturated heterocycles. The minimum Gasteiger partial charge on any atom is -0.356 e. The molecule has 28 heavy (non-hydrogen) atoms. The molecule has 1 aromatic rings. The normalized spacial score (nSPS) is 23.7. The SMILES string of the molecule is CN=C(NCC1CCCN(C(C)C)C1)N1CCC(CSc2ccccc2)C1.I. The van der Waals surface area contributed by atoms with E-state index < -0.39 is 0 Å². The zero-order valence-electron chi connectivity index (χ0n) is 17.6. The molecule has 0 saturated carbocycles. The zero-order chi connectivity index (χ0) is 19.1. The quantitative estimate of drug-likeness (QED) is 0.263. The first-order valence-electron chi connectivity index (χ1n) is 10.5. The molecular weight excluding hydrogens is 479 g/mol. The molecule has 0 bridgehead atoms. The number of aliphatic imine (C=N–C) groups is 1. The lowest BCUT2D eigenvalue weighted by molar-refractivity contribution is 0.140. The van der Waals surface area contributed by atoms with Crippen LogP contribution in [0.25, 0.3) is 0 Å². The number of halogens is 1. The summed E-state index contributed by atoms with van der Waals surface area (Å²) in [4.78, 5) is 11.0. The lowest BCUT2D eigenvalue weighted by atomic mass is 9.97. The average molecular weight is 517 g/mol. The molecule has 2 aliphatic rings. The highest BCUT2D eigenvalue weighted by atomic mass is 127. The van der Waals surface area contributed by atoms with Gasteiger partial charge in [-0.2, -0.15) is 0 Å². The lowest BCUT2D eigenvalue weighted by Gasteiger charge is -2.36. The molecule has 2 fully saturated rings. The van der Waals surface area contributed by atoms with Gasteiger partial charge in [-0.25, -0.2) is 0 Å². The van der Waals surface area contributed by atoms with Crippen LogP contribution in [-0.2, 0) is 0 Å². The summed E-state index contributed by atoms with van der Waals surface area (Å²) in [6.45, 7) is 10.4. The second-order valence-electron chi connectivity index (χ2n) is 8.25. The maximum Gasteiger partial charge on any atom is 0.193 e. The van der Waals surface area contributed by atoms with E-state index in [1.165, 1.54) is 43.0 Å². The Balaban J connectivity index is 0.00000280. The van der Waals surface area contributed by atoms with Gasteiger partial charge in [0.2, 0.25) is 0 Å². The molecule has 158 valence electrons. The van der Waals surface area contributed by atoms with Gasteiger partial charge in [0.25, 0.3) is 0 Å². The molecule has 3 rings (SSSR count). The lowest BCUT2D eigenvalue weighted by Crippen LogP contribution is -2.46. The molecule has 2 unspecified atom stereocenters. The molecule has 2 aliphatic heterocycles. The molecule has 0 aliphatic carbocycles. The summed E-state index contributed by atoms with van der Waals surface area (Å²) in [6.07, 6.45) is 3.93. The van der Waals surface area contributed by atoms with E-state index >= 15 is 0 Å². The molecule has 0 amide bonds. The first-order chi connectivity index (χ1) is 13.2. The molecule has 0 radical (unpaired) electrons. The van der Waals surface area contributed by atoms with Crippen molar-refractivity contribution in [3.63, 3.8) is 0 Å². The number of nitrogens with zero attached hydrogens (tertiary/aromatic N) is 3. The third-order valence-corrected chi connectivity index (χ3v) is 7.10. The Morgan fingerprint density at radius 3 is 2.64 bits per heavy atom. The van der Waals surface area contributed by atoms with Gasteiger partial charge in [-0.15, -0.1) is 35.7 Å². The van der Waals surface area contributed by atoms with Crippen molar-refractivity contribution in [2.75, 3.05) is 45.5 Å². The Hall–Kier alpha value is -0.470. The minimum atomic E-state index is 0.